The molecule has 0 aromatic heterocycles. The molecule has 2 atom stereocenters. The third kappa shape index (κ3) is 4.24. The number of guanidine groups is 1. The zero-order valence-corrected chi connectivity index (χ0v) is 16.5. The summed E-state index contributed by atoms with van der Waals surface area (Å²) >= 11 is 0. The fraction of sp³-hybridized carbons (Fsp3) is 0.905. The van der Waals surface area contributed by atoms with E-state index in [-0.39, 0.29) is 18.6 Å². The summed E-state index contributed by atoms with van der Waals surface area (Å²) in [6.07, 6.45) is 15.6. The van der Waals surface area contributed by atoms with Crippen molar-refractivity contribution < 1.29 is 9.90 Å². The number of aliphatic hydroxyl groups is 1. The van der Waals surface area contributed by atoms with Crippen LogP contribution in [0.1, 0.15) is 90.4 Å². The van der Waals surface area contributed by atoms with Crippen molar-refractivity contribution >= 4 is 11.9 Å². The quantitative estimate of drug-likeness (QED) is 0.725. The number of hydrogen-bond acceptors (Lipinski definition) is 4. The smallest absolute Gasteiger partial charge is 0.257 e. The summed E-state index contributed by atoms with van der Waals surface area (Å²) in [6, 6.07) is -0.297. The van der Waals surface area contributed by atoms with Crippen molar-refractivity contribution in [3.8, 4) is 0 Å². The summed E-state index contributed by atoms with van der Waals surface area (Å²) in [4.78, 5) is 19.8. The number of carbonyl (C=O) groups excluding carboxylic acids is 1. The van der Waals surface area contributed by atoms with E-state index in [1.165, 1.54) is 64.2 Å². The van der Waals surface area contributed by atoms with Crippen LogP contribution in [0.5, 0.6) is 0 Å². The van der Waals surface area contributed by atoms with E-state index in [1.807, 2.05) is 6.92 Å². The molecule has 0 spiro atoms. The van der Waals surface area contributed by atoms with Crippen LogP contribution in [-0.2, 0) is 4.79 Å². The minimum absolute atomic E-state index is 0.0398. The molecule has 26 heavy (non-hydrogen) atoms. The summed E-state index contributed by atoms with van der Waals surface area (Å²) in [5, 5.41) is 9.55. The average molecular weight is 364 g/mol. The van der Waals surface area contributed by atoms with Crippen molar-refractivity contribution in [1.82, 2.24) is 4.90 Å². The molecule has 5 heteroatoms. The lowest BCUT2D eigenvalue weighted by molar-refractivity contribution is -0.134. The number of aliphatic hydroxyl groups excluding tert-OH is 1. The second-order valence-corrected chi connectivity index (χ2v) is 8.96. The summed E-state index contributed by atoms with van der Waals surface area (Å²) in [7, 11) is 0. The van der Waals surface area contributed by atoms with E-state index in [9.17, 15) is 9.90 Å². The maximum Gasteiger partial charge on any atom is 0.257 e. The van der Waals surface area contributed by atoms with Gasteiger partial charge in [0.25, 0.3) is 5.91 Å². The predicted molar refractivity (Wildman–Crippen MR) is 105 cm³/mol. The number of carbonyl (C=O) groups is 1. The van der Waals surface area contributed by atoms with Gasteiger partial charge in [0.05, 0.1) is 12.6 Å². The highest BCUT2D eigenvalue weighted by Crippen LogP contribution is 2.41. The molecule has 3 N–H and O–H groups in total. The van der Waals surface area contributed by atoms with E-state index in [2.05, 4.69) is 0 Å². The number of nitrogens with zero attached hydrogens (tertiary/aromatic N) is 2. The number of rotatable bonds is 7. The minimum atomic E-state index is -0.674. The van der Waals surface area contributed by atoms with E-state index in [0.29, 0.717) is 11.9 Å². The van der Waals surface area contributed by atoms with E-state index in [0.717, 1.165) is 25.2 Å². The van der Waals surface area contributed by atoms with Crippen LogP contribution < -0.4 is 5.73 Å². The Kier molecular flexibility index (Phi) is 6.60. The SMILES string of the molecule is CC(CO)N1C(=O)C(CCC2CCCCC2)(CC2CCCCC2)N=C1N. The summed E-state index contributed by atoms with van der Waals surface area (Å²) in [5.74, 6) is 1.68. The van der Waals surface area contributed by atoms with Crippen LogP contribution in [0.4, 0.5) is 0 Å². The zero-order chi connectivity index (χ0) is 18.6. The highest BCUT2D eigenvalue weighted by atomic mass is 16.3. The number of aliphatic imine (C=N–C) groups is 1. The van der Waals surface area contributed by atoms with Gasteiger partial charge in [0.15, 0.2) is 5.96 Å². The number of nitrogens with two attached hydrogens (primary N) is 1. The van der Waals surface area contributed by atoms with Gasteiger partial charge in [0.2, 0.25) is 0 Å². The molecule has 0 aromatic rings. The van der Waals surface area contributed by atoms with Gasteiger partial charge in [0.1, 0.15) is 5.54 Å². The molecule has 2 fully saturated rings. The molecule has 2 aliphatic carbocycles. The first-order valence-electron chi connectivity index (χ1n) is 10.9. The van der Waals surface area contributed by atoms with E-state index >= 15 is 0 Å². The van der Waals surface area contributed by atoms with Crippen molar-refractivity contribution in [3.63, 3.8) is 0 Å². The summed E-state index contributed by atoms with van der Waals surface area (Å²) < 4.78 is 0. The second-order valence-electron chi connectivity index (χ2n) is 8.96. The molecule has 3 aliphatic rings. The monoisotopic (exact) mass is 363 g/mol. The Balaban J connectivity index is 1.75. The lowest BCUT2D eigenvalue weighted by atomic mass is 9.75. The third-order valence-corrected chi connectivity index (χ3v) is 6.94. The highest BCUT2D eigenvalue weighted by Gasteiger charge is 2.49. The van der Waals surface area contributed by atoms with Crippen LogP contribution in [-0.4, -0.2) is 40.1 Å². The lowest BCUT2D eigenvalue weighted by Gasteiger charge is -2.34. The van der Waals surface area contributed by atoms with Gasteiger partial charge >= 0.3 is 0 Å². The molecule has 1 aliphatic heterocycles. The lowest BCUT2D eigenvalue weighted by Crippen LogP contribution is -2.50. The molecule has 5 nitrogen and oxygen atoms in total. The van der Waals surface area contributed by atoms with E-state index < -0.39 is 5.54 Å². The van der Waals surface area contributed by atoms with Crippen molar-refractivity contribution in [2.45, 2.75) is 102 Å². The van der Waals surface area contributed by atoms with Crippen molar-refractivity contribution in [2.24, 2.45) is 22.6 Å². The van der Waals surface area contributed by atoms with Gasteiger partial charge in [-0.15, -0.1) is 0 Å². The number of hydrogen-bond donors (Lipinski definition) is 2. The molecule has 1 amide bonds. The van der Waals surface area contributed by atoms with Gasteiger partial charge in [-0.25, -0.2) is 4.99 Å². The maximum atomic E-state index is 13.4. The van der Waals surface area contributed by atoms with Crippen molar-refractivity contribution in [3.05, 3.63) is 0 Å². The normalized spacial score (nSPS) is 29.8. The fourth-order valence-corrected chi connectivity index (χ4v) is 5.34. The number of amides is 1. The van der Waals surface area contributed by atoms with Gasteiger partial charge in [-0.1, -0.05) is 64.2 Å². The van der Waals surface area contributed by atoms with Gasteiger partial charge in [-0.05, 0) is 38.0 Å². The molecule has 0 bridgehead atoms. The molecular weight excluding hydrogens is 326 g/mol. The van der Waals surface area contributed by atoms with Gasteiger partial charge < -0.3 is 10.8 Å². The Morgan fingerprint density at radius 3 is 2.27 bits per heavy atom. The molecule has 3 rings (SSSR count). The van der Waals surface area contributed by atoms with Crippen LogP contribution in [0.25, 0.3) is 0 Å². The Morgan fingerprint density at radius 2 is 1.69 bits per heavy atom. The van der Waals surface area contributed by atoms with Crippen LogP contribution in [0.2, 0.25) is 0 Å². The topological polar surface area (TPSA) is 78.9 Å². The molecule has 0 radical (unpaired) electrons. The van der Waals surface area contributed by atoms with Crippen LogP contribution in [0.15, 0.2) is 4.99 Å². The predicted octanol–water partition coefficient (Wildman–Crippen LogP) is 3.59. The summed E-state index contributed by atoms with van der Waals surface area (Å²) in [5.41, 5.74) is 5.51. The maximum absolute atomic E-state index is 13.4. The first-order valence-corrected chi connectivity index (χ1v) is 10.9. The molecule has 1 heterocycles. The Bertz CT molecular complexity index is 509. The molecule has 148 valence electrons. The molecule has 0 saturated heterocycles. The molecule has 2 saturated carbocycles. The Hall–Kier alpha value is -1.10. The Morgan fingerprint density at radius 1 is 1.12 bits per heavy atom. The first-order chi connectivity index (χ1) is 12.6. The van der Waals surface area contributed by atoms with E-state index in [4.69, 9.17) is 10.7 Å². The Labute approximate surface area is 158 Å². The van der Waals surface area contributed by atoms with Gasteiger partial charge in [-0.3, -0.25) is 9.69 Å². The van der Waals surface area contributed by atoms with Crippen molar-refractivity contribution in [1.29, 1.82) is 0 Å². The molecule has 0 aromatic carbocycles. The standard InChI is InChI=1S/C21H37N3O2/c1-16(15-25)24-19(26)21(23-20(24)22,14-18-10-6-3-7-11-18)13-12-17-8-4-2-5-9-17/h16-18,25H,2-15H2,1H3,(H2,22,23). The van der Waals surface area contributed by atoms with Gasteiger partial charge in [-0.2, -0.15) is 0 Å². The summed E-state index contributed by atoms with van der Waals surface area (Å²) in [6.45, 7) is 1.77. The highest BCUT2D eigenvalue weighted by molar-refractivity contribution is 6.07. The first kappa shape index (κ1) is 19.7. The van der Waals surface area contributed by atoms with E-state index in [1.54, 1.807) is 4.90 Å². The second kappa shape index (κ2) is 8.73. The largest absolute Gasteiger partial charge is 0.394 e. The third-order valence-electron chi connectivity index (χ3n) is 6.94. The van der Waals surface area contributed by atoms with Crippen LogP contribution in [0, 0.1) is 11.8 Å². The zero-order valence-electron chi connectivity index (χ0n) is 16.5. The van der Waals surface area contributed by atoms with Crippen LogP contribution in [0.3, 0.4) is 0 Å². The minimum Gasteiger partial charge on any atom is -0.394 e. The average Bonchev–Trinajstić information content (AvgIpc) is 2.91. The molecular formula is C21H37N3O2. The van der Waals surface area contributed by atoms with Crippen molar-refractivity contribution in [2.75, 3.05) is 6.61 Å². The van der Waals surface area contributed by atoms with Gasteiger partial charge in [0, 0.05) is 0 Å². The molecule has 2 unspecified atom stereocenters. The van der Waals surface area contributed by atoms with Crippen LogP contribution >= 0.6 is 0 Å². The fourth-order valence-electron chi connectivity index (χ4n) is 5.34.